The Balaban J connectivity index is 2.06. The molecule has 1 aliphatic heterocycles. The van der Waals surface area contributed by atoms with Crippen LogP contribution in [-0.4, -0.2) is 29.7 Å². The van der Waals surface area contributed by atoms with Gasteiger partial charge in [-0.3, -0.25) is 4.90 Å². The van der Waals surface area contributed by atoms with Crippen LogP contribution in [0.25, 0.3) is 6.08 Å². The summed E-state index contributed by atoms with van der Waals surface area (Å²) >= 11 is 0. The maximum absolute atomic E-state index is 12.3. The Morgan fingerprint density at radius 2 is 1.92 bits per heavy atom. The molecular formula is C21H29NO2. The normalized spacial score (nSPS) is 23.0. The van der Waals surface area contributed by atoms with Gasteiger partial charge in [0, 0.05) is 18.7 Å². The zero-order valence-corrected chi connectivity index (χ0v) is 15.2. The van der Waals surface area contributed by atoms with Crippen molar-refractivity contribution in [1.29, 1.82) is 0 Å². The second-order valence-electron chi connectivity index (χ2n) is 7.04. The summed E-state index contributed by atoms with van der Waals surface area (Å²) in [5.41, 5.74) is 2.15. The Hall–Kier alpha value is -1.87. The number of ether oxygens (including phenoxy) is 1. The van der Waals surface area contributed by atoms with Gasteiger partial charge in [0.2, 0.25) is 0 Å². The lowest BCUT2D eigenvalue weighted by Gasteiger charge is -2.40. The van der Waals surface area contributed by atoms with E-state index in [4.69, 9.17) is 4.74 Å². The van der Waals surface area contributed by atoms with E-state index in [-0.39, 0.29) is 12.2 Å². The van der Waals surface area contributed by atoms with E-state index < -0.39 is 0 Å². The zero-order valence-electron chi connectivity index (χ0n) is 15.2. The molecule has 1 aromatic rings. The van der Waals surface area contributed by atoms with E-state index in [1.807, 2.05) is 50.3 Å². The van der Waals surface area contributed by atoms with Gasteiger partial charge >= 0.3 is 5.97 Å². The van der Waals surface area contributed by atoms with E-state index >= 15 is 0 Å². The summed E-state index contributed by atoms with van der Waals surface area (Å²) in [5.74, 6) is 0.333. The number of carbonyl (C=O) groups is 1. The van der Waals surface area contributed by atoms with Gasteiger partial charge in [-0.1, -0.05) is 42.8 Å². The minimum absolute atomic E-state index is 0.291. The number of carbonyl (C=O) groups excluding carboxylic acids is 1. The second-order valence-corrected chi connectivity index (χ2v) is 7.04. The first-order valence-electron chi connectivity index (χ1n) is 8.80. The topological polar surface area (TPSA) is 29.5 Å². The van der Waals surface area contributed by atoms with Crippen LogP contribution in [0, 0.1) is 5.92 Å². The summed E-state index contributed by atoms with van der Waals surface area (Å²) in [6.07, 6.45) is 7.44. The molecule has 0 aromatic heterocycles. The fourth-order valence-electron chi connectivity index (χ4n) is 3.05. The van der Waals surface area contributed by atoms with E-state index in [0.717, 1.165) is 24.1 Å². The van der Waals surface area contributed by atoms with Crippen LogP contribution in [0.2, 0.25) is 0 Å². The van der Waals surface area contributed by atoms with Crippen LogP contribution >= 0.6 is 0 Å². The van der Waals surface area contributed by atoms with Crippen LogP contribution < -0.4 is 0 Å². The number of esters is 1. The molecule has 3 atom stereocenters. The van der Waals surface area contributed by atoms with Crippen molar-refractivity contribution in [3.05, 3.63) is 53.6 Å². The molecule has 0 bridgehead atoms. The molecule has 2 rings (SSSR count). The molecule has 1 aromatic carbocycles. The molecule has 1 aliphatic rings. The largest absolute Gasteiger partial charge is 0.439 e. The third-order valence-electron chi connectivity index (χ3n) is 4.42. The predicted octanol–water partition coefficient (Wildman–Crippen LogP) is 4.66. The Morgan fingerprint density at radius 1 is 1.21 bits per heavy atom. The van der Waals surface area contributed by atoms with Gasteiger partial charge in [-0.05, 0) is 57.2 Å². The van der Waals surface area contributed by atoms with E-state index in [9.17, 15) is 4.79 Å². The van der Waals surface area contributed by atoms with Crippen LogP contribution in [-0.2, 0) is 9.53 Å². The summed E-state index contributed by atoms with van der Waals surface area (Å²) in [6.45, 7) is 9.52. The molecule has 0 amide bonds. The number of nitrogens with zero attached hydrogens (tertiary/aromatic N) is 1. The molecule has 0 radical (unpaired) electrons. The van der Waals surface area contributed by atoms with Crippen molar-refractivity contribution >= 4 is 12.0 Å². The highest BCUT2D eigenvalue weighted by Gasteiger charge is 2.29. The Labute approximate surface area is 146 Å². The van der Waals surface area contributed by atoms with Crippen molar-refractivity contribution in [3.8, 4) is 0 Å². The number of allylic oxidation sites excluding steroid dienone is 1. The lowest BCUT2D eigenvalue weighted by Crippen LogP contribution is -2.48. The summed E-state index contributed by atoms with van der Waals surface area (Å²) in [5, 5.41) is 0. The Bertz CT molecular complexity index is 587. The van der Waals surface area contributed by atoms with Crippen LogP contribution in [0.3, 0.4) is 0 Å². The average Bonchev–Trinajstić information content (AvgIpc) is 2.55. The molecule has 3 nitrogen and oxygen atoms in total. The van der Waals surface area contributed by atoms with Crippen LogP contribution in [0.15, 0.2) is 48.1 Å². The van der Waals surface area contributed by atoms with Gasteiger partial charge in [0.05, 0.1) is 0 Å². The highest BCUT2D eigenvalue weighted by Crippen LogP contribution is 2.25. The Morgan fingerprint density at radius 3 is 2.58 bits per heavy atom. The first kappa shape index (κ1) is 18.5. The van der Waals surface area contributed by atoms with Gasteiger partial charge in [0.1, 0.15) is 0 Å². The van der Waals surface area contributed by atoms with E-state index in [2.05, 4.69) is 18.7 Å². The molecule has 1 heterocycles. The van der Waals surface area contributed by atoms with Crippen molar-refractivity contribution < 1.29 is 9.53 Å². The smallest absolute Gasteiger partial charge is 0.332 e. The third kappa shape index (κ3) is 5.64. The van der Waals surface area contributed by atoms with Crippen molar-refractivity contribution in [2.75, 3.05) is 6.54 Å². The number of likely N-dealkylation sites (tertiary alicyclic amines) is 1. The lowest BCUT2D eigenvalue weighted by molar-refractivity contribution is -0.152. The number of hydrogen-bond acceptors (Lipinski definition) is 3. The molecule has 3 unspecified atom stereocenters. The van der Waals surface area contributed by atoms with Gasteiger partial charge in [0.15, 0.2) is 6.23 Å². The Kier molecular flexibility index (Phi) is 6.80. The predicted molar refractivity (Wildman–Crippen MR) is 99.4 cm³/mol. The summed E-state index contributed by atoms with van der Waals surface area (Å²) in [6, 6.07) is 10.2. The zero-order chi connectivity index (χ0) is 17.5. The van der Waals surface area contributed by atoms with E-state index in [1.54, 1.807) is 6.08 Å². The standard InChI is InChI=1S/C21H29NO2/c1-16(2)14-20(22-15-17(3)10-11-18(22)4)24-21(23)13-12-19-8-6-5-7-9-19/h5-9,12-14,17-18,20H,10-11,15H2,1-4H3/b13-12-. The number of benzene rings is 1. The number of piperidine rings is 1. The van der Waals surface area contributed by atoms with Crippen molar-refractivity contribution in [1.82, 2.24) is 4.90 Å². The molecule has 1 fully saturated rings. The first-order valence-corrected chi connectivity index (χ1v) is 8.80. The quantitative estimate of drug-likeness (QED) is 0.448. The number of rotatable bonds is 5. The molecule has 0 spiro atoms. The van der Waals surface area contributed by atoms with Crippen LogP contribution in [0.1, 0.15) is 46.1 Å². The van der Waals surface area contributed by atoms with Gasteiger partial charge in [-0.2, -0.15) is 0 Å². The lowest BCUT2D eigenvalue weighted by atomic mass is 9.94. The van der Waals surface area contributed by atoms with Gasteiger partial charge in [-0.15, -0.1) is 0 Å². The molecule has 0 aliphatic carbocycles. The molecule has 130 valence electrons. The summed E-state index contributed by atoms with van der Waals surface area (Å²) in [4.78, 5) is 14.6. The average molecular weight is 327 g/mol. The monoisotopic (exact) mass is 327 g/mol. The molecule has 3 heteroatoms. The number of hydrogen-bond donors (Lipinski definition) is 0. The van der Waals surface area contributed by atoms with Crippen molar-refractivity contribution in [2.24, 2.45) is 5.92 Å². The van der Waals surface area contributed by atoms with Crippen molar-refractivity contribution in [2.45, 2.75) is 52.8 Å². The molecule has 24 heavy (non-hydrogen) atoms. The van der Waals surface area contributed by atoms with E-state index in [1.165, 1.54) is 12.5 Å². The highest BCUT2D eigenvalue weighted by atomic mass is 16.6. The first-order chi connectivity index (χ1) is 11.5. The minimum Gasteiger partial charge on any atom is -0.439 e. The fraction of sp³-hybridized carbons (Fsp3) is 0.476. The van der Waals surface area contributed by atoms with Crippen LogP contribution in [0.4, 0.5) is 0 Å². The van der Waals surface area contributed by atoms with Gasteiger partial charge < -0.3 is 4.74 Å². The highest BCUT2D eigenvalue weighted by molar-refractivity contribution is 5.87. The second kappa shape index (κ2) is 8.84. The van der Waals surface area contributed by atoms with Gasteiger partial charge in [0.25, 0.3) is 0 Å². The molecule has 1 saturated heterocycles. The fourth-order valence-corrected chi connectivity index (χ4v) is 3.05. The van der Waals surface area contributed by atoms with Gasteiger partial charge in [-0.25, -0.2) is 4.79 Å². The third-order valence-corrected chi connectivity index (χ3v) is 4.42. The molecule has 0 saturated carbocycles. The maximum Gasteiger partial charge on any atom is 0.332 e. The summed E-state index contributed by atoms with van der Waals surface area (Å²) < 4.78 is 5.77. The molecular weight excluding hydrogens is 298 g/mol. The van der Waals surface area contributed by atoms with Crippen LogP contribution in [0.5, 0.6) is 0 Å². The minimum atomic E-state index is -0.299. The SMILES string of the molecule is CC(C)=CC(OC(=O)/C=C\c1ccccc1)N1CC(C)CCC1C. The summed E-state index contributed by atoms with van der Waals surface area (Å²) in [7, 11) is 0. The van der Waals surface area contributed by atoms with E-state index in [0.29, 0.717) is 12.0 Å². The maximum atomic E-state index is 12.3. The van der Waals surface area contributed by atoms with Crippen molar-refractivity contribution in [3.63, 3.8) is 0 Å². The molecule has 0 N–H and O–H groups in total.